The summed E-state index contributed by atoms with van der Waals surface area (Å²) in [5.41, 5.74) is 2.28. The second-order valence-electron chi connectivity index (χ2n) is 8.53. The lowest BCUT2D eigenvalue weighted by Crippen LogP contribution is -2.25. The lowest BCUT2D eigenvalue weighted by Gasteiger charge is -2.27. The summed E-state index contributed by atoms with van der Waals surface area (Å²) in [7, 11) is 0. The zero-order valence-corrected chi connectivity index (χ0v) is 19.0. The molecule has 0 radical (unpaired) electrons. The molecule has 1 heterocycles. The maximum atomic E-state index is 13.7. The van der Waals surface area contributed by atoms with E-state index < -0.39 is 10.7 Å². The zero-order valence-electron chi connectivity index (χ0n) is 19.0. The molecular weight excluding hydrogens is 445 g/mol. The Morgan fingerprint density at radius 1 is 0.971 bits per heavy atom. The van der Waals surface area contributed by atoms with E-state index in [2.05, 4.69) is 36.4 Å². The third kappa shape index (κ3) is 4.87. The van der Waals surface area contributed by atoms with Crippen molar-refractivity contribution in [2.75, 3.05) is 6.61 Å². The van der Waals surface area contributed by atoms with Crippen molar-refractivity contribution in [1.82, 2.24) is 0 Å². The molecule has 2 aliphatic rings. The molecule has 5 nitrogen and oxygen atoms in total. The number of hydrogen-bond donors (Lipinski definition) is 0. The largest absolute Gasteiger partial charge is 0.497 e. The topological polar surface area (TPSA) is 61.6 Å². The number of fused-ring (bicyclic) bond motifs is 5. The Balaban J connectivity index is 0.000000371. The Hall–Kier alpha value is -4.19. The Morgan fingerprint density at radius 2 is 1.83 bits per heavy atom. The molecule has 0 amide bonds. The Morgan fingerprint density at radius 3 is 2.57 bits per heavy atom. The monoisotopic (exact) mass is 469 g/mol. The average molecular weight is 470 g/mol. The van der Waals surface area contributed by atoms with E-state index >= 15 is 0 Å². The van der Waals surface area contributed by atoms with Gasteiger partial charge in [0, 0.05) is 18.6 Å². The molecule has 0 unspecified atom stereocenters. The predicted molar refractivity (Wildman–Crippen MR) is 135 cm³/mol. The molecule has 6 heteroatoms. The Labute approximate surface area is 202 Å². The van der Waals surface area contributed by atoms with Crippen LogP contribution in [0.4, 0.5) is 10.1 Å². The van der Waals surface area contributed by atoms with Gasteiger partial charge in [-0.3, -0.25) is 10.1 Å². The van der Waals surface area contributed by atoms with E-state index in [0.29, 0.717) is 6.42 Å². The highest BCUT2D eigenvalue weighted by molar-refractivity contribution is 6.08. The van der Waals surface area contributed by atoms with Crippen molar-refractivity contribution in [1.29, 1.82) is 0 Å². The van der Waals surface area contributed by atoms with Crippen LogP contribution in [0.3, 0.4) is 0 Å². The van der Waals surface area contributed by atoms with Gasteiger partial charge in [0.15, 0.2) is 5.75 Å². The van der Waals surface area contributed by atoms with E-state index in [1.54, 1.807) is 6.26 Å². The number of halogens is 1. The summed E-state index contributed by atoms with van der Waals surface area (Å²) in [4.78, 5) is 10.7. The van der Waals surface area contributed by atoms with Crippen LogP contribution in [-0.4, -0.2) is 17.6 Å². The maximum Gasteiger partial charge on any atom is 0.311 e. The van der Waals surface area contributed by atoms with Gasteiger partial charge in [0.25, 0.3) is 0 Å². The first-order chi connectivity index (χ1) is 17.1. The van der Waals surface area contributed by atoms with Crippen LogP contribution < -0.4 is 4.74 Å². The standard InChI is InChI=1S/C24H18FNO3.C5H6O/c25-17-8-12-23(26(27)28)24(13-17)29-18-9-5-16-7-10-20-19-4-2-1-3-15(19)6-11-21(20)22(16)14-18;1-2-4-6-5-3-1/h1-4,6-8,10-13,18H,5,9,14H2;1-4H,5H2/t18-;/m0./s1. The molecule has 4 aromatic carbocycles. The molecule has 176 valence electrons. The highest BCUT2D eigenvalue weighted by atomic mass is 19.1. The number of nitro benzene ring substituents is 1. The fraction of sp³-hybridized carbons (Fsp3) is 0.172. The summed E-state index contributed by atoms with van der Waals surface area (Å²) >= 11 is 0. The van der Waals surface area contributed by atoms with Crippen LogP contribution in [0.15, 0.2) is 91.2 Å². The average Bonchev–Trinajstić information content (AvgIpc) is 2.89. The first kappa shape index (κ1) is 22.6. The van der Waals surface area contributed by atoms with E-state index in [1.807, 2.05) is 30.4 Å². The Kier molecular flexibility index (Phi) is 6.44. The van der Waals surface area contributed by atoms with Gasteiger partial charge in [-0.2, -0.15) is 0 Å². The number of hydrogen-bond acceptors (Lipinski definition) is 4. The molecule has 1 atom stereocenters. The van der Waals surface area contributed by atoms with Gasteiger partial charge < -0.3 is 9.47 Å². The highest BCUT2D eigenvalue weighted by Crippen LogP contribution is 2.36. The van der Waals surface area contributed by atoms with Crippen LogP contribution in [0.1, 0.15) is 17.5 Å². The summed E-state index contributed by atoms with van der Waals surface area (Å²) in [5, 5.41) is 16.1. The second-order valence-corrected chi connectivity index (χ2v) is 8.53. The number of aryl methyl sites for hydroxylation is 1. The number of benzene rings is 4. The van der Waals surface area contributed by atoms with Crippen molar-refractivity contribution in [2.45, 2.75) is 25.4 Å². The minimum absolute atomic E-state index is 0.00543. The van der Waals surface area contributed by atoms with Crippen LogP contribution in [0.25, 0.3) is 21.5 Å². The predicted octanol–water partition coefficient (Wildman–Crippen LogP) is 7.06. The number of rotatable bonds is 3. The summed E-state index contributed by atoms with van der Waals surface area (Å²) in [6.07, 6.45) is 9.43. The molecule has 4 aromatic rings. The number of nitro groups is 1. The van der Waals surface area contributed by atoms with Gasteiger partial charge in [0.1, 0.15) is 18.5 Å². The van der Waals surface area contributed by atoms with Crippen molar-refractivity contribution >= 4 is 27.2 Å². The van der Waals surface area contributed by atoms with E-state index in [-0.39, 0.29) is 17.5 Å². The number of nitrogens with zero attached hydrogens (tertiary/aromatic N) is 1. The molecule has 0 N–H and O–H groups in total. The SMILES string of the molecule is C1=CCOC=C1.O=[N+]([O-])c1ccc(F)cc1O[C@H]1CCc2ccc3c(ccc4ccccc43)c2C1. The first-order valence-electron chi connectivity index (χ1n) is 11.6. The van der Waals surface area contributed by atoms with Gasteiger partial charge in [0.05, 0.1) is 11.2 Å². The third-order valence-corrected chi connectivity index (χ3v) is 6.33. The lowest BCUT2D eigenvalue weighted by atomic mass is 9.85. The minimum atomic E-state index is -0.543. The fourth-order valence-electron chi connectivity index (χ4n) is 4.68. The maximum absolute atomic E-state index is 13.7. The number of allylic oxidation sites excluding steroid dienone is 2. The van der Waals surface area contributed by atoms with E-state index in [1.165, 1.54) is 32.7 Å². The molecule has 1 aliphatic carbocycles. The molecule has 0 saturated carbocycles. The smallest absolute Gasteiger partial charge is 0.311 e. The van der Waals surface area contributed by atoms with E-state index in [4.69, 9.17) is 9.47 Å². The quantitative estimate of drug-likeness (QED) is 0.183. The van der Waals surface area contributed by atoms with Gasteiger partial charge >= 0.3 is 5.69 Å². The summed E-state index contributed by atoms with van der Waals surface area (Å²) < 4.78 is 24.4. The van der Waals surface area contributed by atoms with Crippen LogP contribution in [0, 0.1) is 15.9 Å². The summed E-state index contributed by atoms with van der Waals surface area (Å²) in [5.74, 6) is -0.548. The van der Waals surface area contributed by atoms with Crippen LogP contribution in [-0.2, 0) is 17.6 Å². The van der Waals surface area contributed by atoms with Crippen molar-refractivity contribution in [3.63, 3.8) is 0 Å². The van der Waals surface area contributed by atoms with E-state index in [0.717, 1.165) is 37.6 Å². The summed E-state index contributed by atoms with van der Waals surface area (Å²) in [6, 6.07) is 20.2. The zero-order chi connectivity index (χ0) is 24.2. The second kappa shape index (κ2) is 9.97. The van der Waals surface area contributed by atoms with Crippen LogP contribution in [0.2, 0.25) is 0 Å². The molecule has 0 aromatic heterocycles. The van der Waals surface area contributed by atoms with Gasteiger partial charge in [-0.05, 0) is 63.7 Å². The molecule has 0 spiro atoms. The van der Waals surface area contributed by atoms with Gasteiger partial charge in [-0.25, -0.2) is 4.39 Å². The number of ether oxygens (including phenoxy) is 2. The van der Waals surface area contributed by atoms with Crippen molar-refractivity contribution in [2.24, 2.45) is 0 Å². The van der Waals surface area contributed by atoms with Gasteiger partial charge in [-0.15, -0.1) is 0 Å². The highest BCUT2D eigenvalue weighted by Gasteiger charge is 2.25. The minimum Gasteiger partial charge on any atom is -0.497 e. The van der Waals surface area contributed by atoms with Crippen LogP contribution in [0.5, 0.6) is 5.75 Å². The molecule has 0 bridgehead atoms. The first-order valence-corrected chi connectivity index (χ1v) is 11.6. The van der Waals surface area contributed by atoms with E-state index in [9.17, 15) is 14.5 Å². The molecule has 6 rings (SSSR count). The van der Waals surface area contributed by atoms with Crippen molar-refractivity contribution in [3.05, 3.63) is 118 Å². The van der Waals surface area contributed by atoms with Crippen molar-refractivity contribution in [3.8, 4) is 5.75 Å². The fourth-order valence-corrected chi connectivity index (χ4v) is 4.68. The molecule has 1 aliphatic heterocycles. The molecule has 0 fully saturated rings. The lowest BCUT2D eigenvalue weighted by molar-refractivity contribution is -0.386. The molecule has 35 heavy (non-hydrogen) atoms. The molecule has 0 saturated heterocycles. The summed E-state index contributed by atoms with van der Waals surface area (Å²) in [6.45, 7) is 0.733. The molecular formula is C29H24FNO4. The van der Waals surface area contributed by atoms with Gasteiger partial charge in [-0.1, -0.05) is 54.6 Å². The van der Waals surface area contributed by atoms with Crippen molar-refractivity contribution < 1.29 is 18.8 Å². The Bertz CT molecular complexity index is 1450. The van der Waals surface area contributed by atoms with Crippen LogP contribution >= 0.6 is 0 Å². The normalized spacial score (nSPS) is 16.2. The third-order valence-electron chi connectivity index (χ3n) is 6.33. The van der Waals surface area contributed by atoms with Gasteiger partial charge in [0.2, 0.25) is 0 Å².